The molecule has 2 aromatic rings. The summed E-state index contributed by atoms with van der Waals surface area (Å²) >= 11 is 0. The fraction of sp³-hybridized carbons (Fsp3) is 0.250. The van der Waals surface area contributed by atoms with Crippen LogP contribution in [0.1, 0.15) is 50.9 Å². The zero-order chi connectivity index (χ0) is 16.2. The lowest BCUT2D eigenvalue weighted by molar-refractivity contribution is 0.0600. The highest BCUT2D eigenvalue weighted by Crippen LogP contribution is 2.38. The van der Waals surface area contributed by atoms with Gasteiger partial charge < -0.3 is 4.74 Å². The number of hydrogen-bond donors (Lipinski definition) is 2. The zero-order valence-corrected chi connectivity index (χ0v) is 12.6. The molecule has 0 radical (unpaired) electrons. The largest absolute Gasteiger partial charge is 0.465 e. The summed E-state index contributed by atoms with van der Waals surface area (Å²) in [7, 11) is 1.33. The molecule has 1 aromatic carbocycles. The molecule has 0 saturated heterocycles. The van der Waals surface area contributed by atoms with Crippen LogP contribution in [-0.4, -0.2) is 35.4 Å². The maximum absolute atomic E-state index is 11.9. The van der Waals surface area contributed by atoms with Gasteiger partial charge in [0.05, 0.1) is 18.9 Å². The number of H-pyrrole nitrogens is 1. The number of ether oxygens (including phenoxy) is 1. The molecule has 0 aliphatic heterocycles. The lowest BCUT2D eigenvalue weighted by Gasteiger charge is -1.99. The van der Waals surface area contributed by atoms with Gasteiger partial charge in [-0.2, -0.15) is 10.2 Å². The van der Waals surface area contributed by atoms with Gasteiger partial charge in [-0.05, 0) is 36.6 Å². The van der Waals surface area contributed by atoms with Crippen molar-refractivity contribution in [1.82, 2.24) is 15.6 Å². The van der Waals surface area contributed by atoms with Gasteiger partial charge in [0.1, 0.15) is 0 Å². The molecule has 1 saturated carbocycles. The monoisotopic (exact) mass is 312 g/mol. The van der Waals surface area contributed by atoms with Gasteiger partial charge in [0.25, 0.3) is 5.91 Å². The summed E-state index contributed by atoms with van der Waals surface area (Å²) in [5.74, 6) is -0.247. The average Bonchev–Trinajstić information content (AvgIpc) is 3.31. The molecule has 118 valence electrons. The number of nitrogens with one attached hydrogen (secondary N) is 2. The summed E-state index contributed by atoms with van der Waals surface area (Å²) in [5, 5.41) is 10.7. The Bertz CT molecular complexity index is 745. The number of carbonyl (C=O) groups excluding carboxylic acids is 2. The second kappa shape index (κ2) is 6.43. The average molecular weight is 312 g/mol. The molecule has 1 amide bonds. The van der Waals surface area contributed by atoms with Crippen LogP contribution in [0.2, 0.25) is 0 Å². The van der Waals surface area contributed by atoms with Crippen LogP contribution < -0.4 is 5.43 Å². The molecule has 1 heterocycles. The fourth-order valence-electron chi connectivity index (χ4n) is 2.10. The molecule has 23 heavy (non-hydrogen) atoms. The van der Waals surface area contributed by atoms with Crippen LogP contribution in [0, 0.1) is 0 Å². The van der Waals surface area contributed by atoms with E-state index in [-0.39, 0.29) is 5.91 Å². The van der Waals surface area contributed by atoms with Crippen LogP contribution in [0.4, 0.5) is 0 Å². The number of nitrogens with zero attached hydrogens (tertiary/aromatic N) is 2. The molecule has 2 N–H and O–H groups in total. The summed E-state index contributed by atoms with van der Waals surface area (Å²) in [4.78, 5) is 23.2. The first-order valence-electron chi connectivity index (χ1n) is 7.24. The standard InChI is InChI=1S/C16H16N4O3/c1-23-16(22)12-4-2-10(3-5-12)9-17-20-15(21)14-8-13(18-19-14)11-6-7-11/h2-5,8-9,11H,6-7H2,1H3,(H,18,19)(H,20,21)/b17-9+. The molecule has 1 aliphatic rings. The Morgan fingerprint density at radius 1 is 1.35 bits per heavy atom. The molecular weight excluding hydrogens is 296 g/mol. The number of aromatic nitrogens is 2. The zero-order valence-electron chi connectivity index (χ0n) is 12.6. The molecule has 0 unspecified atom stereocenters. The van der Waals surface area contributed by atoms with E-state index in [1.807, 2.05) is 0 Å². The van der Waals surface area contributed by atoms with E-state index in [1.54, 1.807) is 30.3 Å². The second-order valence-electron chi connectivity index (χ2n) is 5.30. The molecule has 0 spiro atoms. The summed E-state index contributed by atoms with van der Waals surface area (Å²) in [5.41, 5.74) is 4.95. The Morgan fingerprint density at radius 2 is 2.09 bits per heavy atom. The third-order valence-corrected chi connectivity index (χ3v) is 3.56. The Hall–Kier alpha value is -2.96. The number of aromatic amines is 1. The number of amides is 1. The number of carbonyl (C=O) groups is 2. The van der Waals surface area contributed by atoms with Gasteiger partial charge in [0, 0.05) is 11.6 Å². The van der Waals surface area contributed by atoms with E-state index < -0.39 is 5.97 Å². The van der Waals surface area contributed by atoms with Gasteiger partial charge >= 0.3 is 5.97 Å². The molecule has 7 heteroatoms. The maximum atomic E-state index is 11.9. The number of hydrazone groups is 1. The Kier molecular flexibility index (Phi) is 4.18. The van der Waals surface area contributed by atoms with E-state index in [2.05, 4.69) is 25.5 Å². The fourth-order valence-corrected chi connectivity index (χ4v) is 2.10. The number of methoxy groups -OCH3 is 1. The van der Waals surface area contributed by atoms with E-state index >= 15 is 0 Å². The van der Waals surface area contributed by atoms with Gasteiger partial charge in [-0.25, -0.2) is 10.2 Å². The van der Waals surface area contributed by atoms with Crippen molar-refractivity contribution >= 4 is 18.1 Å². The quantitative estimate of drug-likeness (QED) is 0.500. The van der Waals surface area contributed by atoms with E-state index in [1.165, 1.54) is 13.3 Å². The first-order valence-corrected chi connectivity index (χ1v) is 7.24. The van der Waals surface area contributed by atoms with Crippen molar-refractivity contribution in [3.05, 3.63) is 52.8 Å². The SMILES string of the molecule is COC(=O)c1ccc(/C=N/NC(=O)c2cc(C3CC3)[nH]n2)cc1. The molecule has 0 bridgehead atoms. The third-order valence-electron chi connectivity index (χ3n) is 3.56. The van der Waals surface area contributed by atoms with Crippen molar-refractivity contribution in [2.75, 3.05) is 7.11 Å². The van der Waals surface area contributed by atoms with Gasteiger partial charge in [-0.15, -0.1) is 0 Å². The van der Waals surface area contributed by atoms with Gasteiger partial charge in [0.15, 0.2) is 5.69 Å². The van der Waals surface area contributed by atoms with Crippen molar-refractivity contribution in [1.29, 1.82) is 0 Å². The molecule has 0 atom stereocenters. The first kappa shape index (κ1) is 15.0. The van der Waals surface area contributed by atoms with Crippen LogP contribution in [-0.2, 0) is 4.74 Å². The molecule has 1 aliphatic carbocycles. The minimum absolute atomic E-state index is 0.324. The lowest BCUT2D eigenvalue weighted by Crippen LogP contribution is -2.18. The summed E-state index contributed by atoms with van der Waals surface area (Å²) in [6, 6.07) is 8.44. The van der Waals surface area contributed by atoms with Gasteiger partial charge in [0.2, 0.25) is 0 Å². The van der Waals surface area contributed by atoms with Crippen LogP contribution in [0.3, 0.4) is 0 Å². The van der Waals surface area contributed by atoms with Crippen molar-refractivity contribution < 1.29 is 14.3 Å². The second-order valence-corrected chi connectivity index (χ2v) is 5.30. The highest BCUT2D eigenvalue weighted by atomic mass is 16.5. The Balaban J connectivity index is 1.57. The Labute approximate surface area is 132 Å². The molecule has 1 fully saturated rings. The van der Waals surface area contributed by atoms with E-state index in [0.29, 0.717) is 17.2 Å². The first-order chi connectivity index (χ1) is 11.2. The Morgan fingerprint density at radius 3 is 2.74 bits per heavy atom. The lowest BCUT2D eigenvalue weighted by atomic mass is 10.1. The van der Waals surface area contributed by atoms with Crippen molar-refractivity contribution in [3.63, 3.8) is 0 Å². The summed E-state index contributed by atoms with van der Waals surface area (Å²) < 4.78 is 4.62. The van der Waals surface area contributed by atoms with E-state index in [4.69, 9.17) is 0 Å². The normalized spacial score (nSPS) is 14.0. The minimum atomic E-state index is -0.396. The van der Waals surface area contributed by atoms with Gasteiger partial charge in [-0.1, -0.05) is 12.1 Å². The number of rotatable bonds is 5. The highest BCUT2D eigenvalue weighted by molar-refractivity contribution is 5.93. The number of esters is 1. The molecule has 7 nitrogen and oxygen atoms in total. The predicted molar refractivity (Wildman–Crippen MR) is 83.4 cm³/mol. The molecule has 1 aromatic heterocycles. The predicted octanol–water partition coefficient (Wildman–Crippen LogP) is 1.84. The van der Waals surface area contributed by atoms with E-state index in [0.717, 1.165) is 24.1 Å². The summed E-state index contributed by atoms with van der Waals surface area (Å²) in [6.07, 6.45) is 3.78. The smallest absolute Gasteiger partial charge is 0.337 e. The van der Waals surface area contributed by atoms with Gasteiger partial charge in [-0.3, -0.25) is 9.89 Å². The highest BCUT2D eigenvalue weighted by Gasteiger charge is 2.26. The van der Waals surface area contributed by atoms with Crippen LogP contribution >= 0.6 is 0 Å². The molecular formula is C16H16N4O3. The third kappa shape index (κ3) is 3.63. The molecule has 3 rings (SSSR count). The summed E-state index contributed by atoms with van der Waals surface area (Å²) in [6.45, 7) is 0. The minimum Gasteiger partial charge on any atom is -0.465 e. The van der Waals surface area contributed by atoms with Crippen LogP contribution in [0.15, 0.2) is 35.4 Å². The number of benzene rings is 1. The number of hydrogen-bond acceptors (Lipinski definition) is 5. The van der Waals surface area contributed by atoms with Crippen molar-refractivity contribution in [2.24, 2.45) is 5.10 Å². The van der Waals surface area contributed by atoms with Crippen molar-refractivity contribution in [3.8, 4) is 0 Å². The van der Waals surface area contributed by atoms with Crippen LogP contribution in [0.25, 0.3) is 0 Å². The van der Waals surface area contributed by atoms with Crippen LogP contribution in [0.5, 0.6) is 0 Å². The topological polar surface area (TPSA) is 96.4 Å². The van der Waals surface area contributed by atoms with Crippen molar-refractivity contribution in [2.45, 2.75) is 18.8 Å². The maximum Gasteiger partial charge on any atom is 0.337 e. The van der Waals surface area contributed by atoms with E-state index in [9.17, 15) is 9.59 Å².